The zero-order valence-corrected chi connectivity index (χ0v) is 10.8. The molecule has 0 heterocycles. The van der Waals surface area contributed by atoms with E-state index in [9.17, 15) is 4.79 Å². The third kappa shape index (κ3) is 4.00. The maximum atomic E-state index is 10.5. The molecule has 1 atom stereocenters. The van der Waals surface area contributed by atoms with Gasteiger partial charge in [-0.3, -0.25) is 4.79 Å². The lowest BCUT2D eigenvalue weighted by molar-refractivity contribution is -0.122. The Morgan fingerprint density at radius 3 is 2.59 bits per heavy atom. The standard InChI is InChI=1S/C12H17ClN2O2/c1-7-3-9(10(13)4-8(7)2)11(14)5-17-6-12(15)16/h3-4,11H,5-6,14H2,1-2H3,(H2,15,16). The summed E-state index contributed by atoms with van der Waals surface area (Å²) in [5, 5.41) is 0.614. The molecule has 4 nitrogen and oxygen atoms in total. The molecule has 1 aromatic carbocycles. The fourth-order valence-electron chi connectivity index (χ4n) is 1.46. The number of primary amides is 1. The Balaban J connectivity index is 2.71. The summed E-state index contributed by atoms with van der Waals surface area (Å²) in [6, 6.07) is 3.46. The second-order valence-electron chi connectivity index (χ2n) is 4.05. The lowest BCUT2D eigenvalue weighted by Gasteiger charge is -2.15. The van der Waals surface area contributed by atoms with E-state index in [1.54, 1.807) is 0 Å². The van der Waals surface area contributed by atoms with E-state index >= 15 is 0 Å². The van der Waals surface area contributed by atoms with Gasteiger partial charge in [0.25, 0.3) is 0 Å². The number of rotatable bonds is 5. The second kappa shape index (κ2) is 6.00. The van der Waals surface area contributed by atoms with Crippen molar-refractivity contribution < 1.29 is 9.53 Å². The summed E-state index contributed by atoms with van der Waals surface area (Å²) in [5.41, 5.74) is 14.0. The summed E-state index contributed by atoms with van der Waals surface area (Å²) in [6.07, 6.45) is 0. The van der Waals surface area contributed by atoms with E-state index < -0.39 is 5.91 Å². The van der Waals surface area contributed by atoms with Crippen molar-refractivity contribution in [2.75, 3.05) is 13.2 Å². The molecule has 0 aliphatic heterocycles. The number of hydrogen-bond donors (Lipinski definition) is 2. The number of hydrogen-bond acceptors (Lipinski definition) is 3. The Hall–Kier alpha value is -1.10. The summed E-state index contributed by atoms with van der Waals surface area (Å²) in [5.74, 6) is -0.511. The normalized spacial score (nSPS) is 12.5. The average Bonchev–Trinajstić information content (AvgIpc) is 2.22. The number of carbonyl (C=O) groups is 1. The molecular weight excluding hydrogens is 240 g/mol. The fourth-order valence-corrected chi connectivity index (χ4v) is 1.82. The van der Waals surface area contributed by atoms with Crippen molar-refractivity contribution in [1.82, 2.24) is 0 Å². The lowest BCUT2D eigenvalue weighted by Crippen LogP contribution is -2.23. The van der Waals surface area contributed by atoms with Crippen molar-refractivity contribution in [1.29, 1.82) is 0 Å². The number of aryl methyl sites for hydroxylation is 2. The van der Waals surface area contributed by atoms with E-state index in [-0.39, 0.29) is 19.3 Å². The molecule has 0 radical (unpaired) electrons. The van der Waals surface area contributed by atoms with Crippen LogP contribution in [0, 0.1) is 13.8 Å². The van der Waals surface area contributed by atoms with E-state index in [2.05, 4.69) is 0 Å². The molecule has 0 bridgehead atoms. The van der Waals surface area contributed by atoms with Gasteiger partial charge in [0.15, 0.2) is 0 Å². The first-order valence-corrected chi connectivity index (χ1v) is 5.68. The first kappa shape index (κ1) is 14.0. The lowest BCUT2D eigenvalue weighted by atomic mass is 10.0. The van der Waals surface area contributed by atoms with Crippen LogP contribution in [0.1, 0.15) is 22.7 Å². The summed E-state index contributed by atoms with van der Waals surface area (Å²) in [6.45, 7) is 4.06. The van der Waals surface area contributed by atoms with Crippen LogP contribution in [0.4, 0.5) is 0 Å². The minimum Gasteiger partial charge on any atom is -0.370 e. The topological polar surface area (TPSA) is 78.3 Å². The van der Waals surface area contributed by atoms with Crippen molar-refractivity contribution in [3.05, 3.63) is 33.8 Å². The van der Waals surface area contributed by atoms with E-state index in [0.29, 0.717) is 5.02 Å². The van der Waals surface area contributed by atoms with Gasteiger partial charge in [-0.1, -0.05) is 17.7 Å². The van der Waals surface area contributed by atoms with Crippen molar-refractivity contribution in [2.45, 2.75) is 19.9 Å². The molecule has 94 valence electrons. The summed E-state index contributed by atoms with van der Waals surface area (Å²) >= 11 is 6.11. The second-order valence-corrected chi connectivity index (χ2v) is 4.45. The third-order valence-electron chi connectivity index (χ3n) is 2.55. The van der Waals surface area contributed by atoms with E-state index in [1.807, 2.05) is 26.0 Å². The minimum absolute atomic E-state index is 0.129. The zero-order valence-electron chi connectivity index (χ0n) is 10.00. The Kier molecular flexibility index (Phi) is 4.93. The van der Waals surface area contributed by atoms with Crippen LogP contribution in [0.2, 0.25) is 5.02 Å². The first-order chi connectivity index (χ1) is 7.91. The van der Waals surface area contributed by atoms with Gasteiger partial charge in [0, 0.05) is 5.02 Å². The Labute approximate surface area is 106 Å². The predicted molar refractivity (Wildman–Crippen MR) is 67.9 cm³/mol. The average molecular weight is 257 g/mol. The van der Waals surface area contributed by atoms with Gasteiger partial charge in [0.2, 0.25) is 5.91 Å². The van der Waals surface area contributed by atoms with Crippen LogP contribution in [0.15, 0.2) is 12.1 Å². The van der Waals surface area contributed by atoms with E-state index in [1.165, 1.54) is 0 Å². The molecule has 17 heavy (non-hydrogen) atoms. The molecule has 1 unspecified atom stereocenters. The molecule has 0 aliphatic carbocycles. The monoisotopic (exact) mass is 256 g/mol. The molecular formula is C12H17ClN2O2. The molecule has 4 N–H and O–H groups in total. The van der Waals surface area contributed by atoms with Gasteiger partial charge < -0.3 is 16.2 Å². The maximum Gasteiger partial charge on any atom is 0.243 e. The van der Waals surface area contributed by atoms with Gasteiger partial charge in [-0.15, -0.1) is 0 Å². The van der Waals surface area contributed by atoms with Crippen LogP contribution in [0.25, 0.3) is 0 Å². The van der Waals surface area contributed by atoms with Gasteiger partial charge >= 0.3 is 0 Å². The van der Waals surface area contributed by atoms with Crippen molar-refractivity contribution in [3.8, 4) is 0 Å². The van der Waals surface area contributed by atoms with Crippen molar-refractivity contribution in [2.24, 2.45) is 11.5 Å². The molecule has 1 rings (SSSR count). The summed E-state index contributed by atoms with van der Waals surface area (Å²) < 4.78 is 5.08. The zero-order chi connectivity index (χ0) is 13.0. The molecule has 0 aromatic heterocycles. The molecule has 1 amide bonds. The number of nitrogens with two attached hydrogens (primary N) is 2. The maximum absolute atomic E-state index is 10.5. The highest BCUT2D eigenvalue weighted by molar-refractivity contribution is 6.31. The predicted octanol–water partition coefficient (Wildman–Crippen LogP) is 1.46. The smallest absolute Gasteiger partial charge is 0.243 e. The molecule has 0 spiro atoms. The quantitative estimate of drug-likeness (QED) is 0.837. The number of benzene rings is 1. The SMILES string of the molecule is Cc1cc(Cl)c(C(N)COCC(N)=O)cc1C. The highest BCUT2D eigenvalue weighted by Gasteiger charge is 2.12. The van der Waals surface area contributed by atoms with E-state index in [4.69, 9.17) is 27.8 Å². The highest BCUT2D eigenvalue weighted by Crippen LogP contribution is 2.25. The van der Waals surface area contributed by atoms with Crippen LogP contribution in [-0.4, -0.2) is 19.1 Å². The number of carbonyl (C=O) groups excluding carboxylic acids is 1. The molecule has 1 aromatic rings. The van der Waals surface area contributed by atoms with Gasteiger partial charge in [-0.05, 0) is 36.6 Å². The molecule has 0 fully saturated rings. The van der Waals surface area contributed by atoms with Crippen LogP contribution < -0.4 is 11.5 Å². The summed E-state index contributed by atoms with van der Waals surface area (Å²) in [7, 11) is 0. The number of ether oxygens (including phenoxy) is 1. The van der Waals surface area contributed by atoms with Crippen molar-refractivity contribution in [3.63, 3.8) is 0 Å². The highest BCUT2D eigenvalue weighted by atomic mass is 35.5. The van der Waals surface area contributed by atoms with Crippen LogP contribution in [0.3, 0.4) is 0 Å². The Morgan fingerprint density at radius 2 is 2.00 bits per heavy atom. The number of halogens is 1. The molecule has 0 saturated heterocycles. The summed E-state index contributed by atoms with van der Waals surface area (Å²) in [4.78, 5) is 10.5. The van der Waals surface area contributed by atoms with Gasteiger partial charge in [0.1, 0.15) is 6.61 Å². The molecule has 0 aliphatic rings. The van der Waals surface area contributed by atoms with Gasteiger partial charge in [-0.2, -0.15) is 0 Å². The van der Waals surface area contributed by atoms with Crippen molar-refractivity contribution >= 4 is 17.5 Å². The van der Waals surface area contributed by atoms with Crippen LogP contribution in [0.5, 0.6) is 0 Å². The van der Waals surface area contributed by atoms with E-state index in [0.717, 1.165) is 16.7 Å². The minimum atomic E-state index is -0.511. The first-order valence-electron chi connectivity index (χ1n) is 5.30. The van der Waals surface area contributed by atoms with Crippen LogP contribution in [-0.2, 0) is 9.53 Å². The molecule has 0 saturated carbocycles. The largest absolute Gasteiger partial charge is 0.370 e. The van der Waals surface area contributed by atoms with Crippen LogP contribution >= 0.6 is 11.6 Å². The Morgan fingerprint density at radius 1 is 1.41 bits per heavy atom. The molecule has 5 heteroatoms. The van der Waals surface area contributed by atoms with Gasteiger partial charge in [-0.25, -0.2) is 0 Å². The fraction of sp³-hybridized carbons (Fsp3) is 0.417. The third-order valence-corrected chi connectivity index (χ3v) is 2.88. The number of amides is 1. The Bertz CT molecular complexity index is 421. The van der Waals surface area contributed by atoms with Gasteiger partial charge in [0.05, 0.1) is 12.6 Å².